The Morgan fingerprint density at radius 3 is 2.69 bits per heavy atom. The van der Waals surface area contributed by atoms with Crippen LogP contribution >= 0.6 is 11.8 Å². The predicted octanol–water partition coefficient (Wildman–Crippen LogP) is 5.54. The van der Waals surface area contributed by atoms with Crippen molar-refractivity contribution in [3.05, 3.63) is 53.9 Å². The fraction of sp³-hybridized carbons (Fsp3) is 0.500. The van der Waals surface area contributed by atoms with Crippen LogP contribution in [0.1, 0.15) is 57.6 Å². The Morgan fingerprint density at radius 1 is 1.20 bits per heavy atom. The quantitative estimate of drug-likeness (QED) is 0.523. The van der Waals surface area contributed by atoms with Gasteiger partial charge >= 0.3 is 0 Å². The third kappa shape index (κ3) is 6.87. The van der Waals surface area contributed by atoms with Gasteiger partial charge in [0, 0.05) is 43.8 Å². The predicted molar refractivity (Wildman–Crippen MR) is 141 cm³/mol. The second-order valence-corrected chi connectivity index (χ2v) is 10.0. The van der Waals surface area contributed by atoms with Crippen molar-refractivity contribution in [2.75, 3.05) is 24.5 Å². The second kappa shape index (κ2) is 12.2. The van der Waals surface area contributed by atoms with E-state index in [1.165, 1.54) is 23.5 Å². The molecule has 2 aromatic heterocycles. The van der Waals surface area contributed by atoms with Crippen LogP contribution in [-0.2, 0) is 11.2 Å². The fourth-order valence-corrected chi connectivity index (χ4v) is 5.07. The van der Waals surface area contributed by atoms with Gasteiger partial charge in [-0.2, -0.15) is 0 Å². The highest BCUT2D eigenvalue weighted by atomic mass is 32.2. The first-order chi connectivity index (χ1) is 17.0. The maximum Gasteiger partial charge on any atom is 0.252 e. The van der Waals surface area contributed by atoms with E-state index in [2.05, 4.69) is 43.7 Å². The molecule has 1 fully saturated rings. The first-order valence-electron chi connectivity index (χ1n) is 12.3. The number of anilines is 1. The summed E-state index contributed by atoms with van der Waals surface area (Å²) >= 11 is 1.40. The number of aryl methyl sites for hydroxylation is 1. The van der Waals surface area contributed by atoms with Crippen LogP contribution in [0.15, 0.2) is 46.9 Å². The number of halogens is 1. The molecule has 0 spiro atoms. The number of pyridine rings is 1. The molecule has 4 rings (SSSR count). The molecule has 2 aromatic rings. The second-order valence-electron chi connectivity index (χ2n) is 8.90. The standard InChI is InChI=1S/C26H33FN6OS/c1-4-6-20-15-30-25(31-16-20)33-13-9-21(10-14-33)18(2)34-26-29-11-5-7-24(32-19(3)35-26)22-8-12-28-17-23(22)27/h7-8,12,15-18,21H,4-6,9-11,13-14H2,1-3H3/b24-7-,29-26?,32-19?/t18-/m0/s1. The van der Waals surface area contributed by atoms with Crippen molar-refractivity contribution < 1.29 is 9.13 Å². The summed E-state index contributed by atoms with van der Waals surface area (Å²) in [4.78, 5) is 24.5. The van der Waals surface area contributed by atoms with Gasteiger partial charge in [-0.1, -0.05) is 19.4 Å². The zero-order valence-electron chi connectivity index (χ0n) is 20.7. The van der Waals surface area contributed by atoms with Gasteiger partial charge in [-0.15, -0.1) is 0 Å². The third-order valence-corrected chi connectivity index (χ3v) is 7.06. The lowest BCUT2D eigenvalue weighted by atomic mass is 9.92. The van der Waals surface area contributed by atoms with E-state index in [1.807, 2.05) is 25.4 Å². The van der Waals surface area contributed by atoms with Gasteiger partial charge in [0.15, 0.2) is 5.82 Å². The lowest BCUT2D eigenvalue weighted by molar-refractivity contribution is 0.126. The Labute approximate surface area is 211 Å². The average Bonchev–Trinajstić information content (AvgIpc) is 2.95. The Hall–Kier alpha value is -2.81. The summed E-state index contributed by atoms with van der Waals surface area (Å²) in [6, 6.07) is 1.65. The number of aliphatic imine (C=N–C) groups is 2. The van der Waals surface area contributed by atoms with E-state index in [-0.39, 0.29) is 11.9 Å². The van der Waals surface area contributed by atoms with Crippen molar-refractivity contribution in [3.8, 4) is 0 Å². The minimum absolute atomic E-state index is 0.0369. The molecule has 35 heavy (non-hydrogen) atoms. The van der Waals surface area contributed by atoms with E-state index >= 15 is 0 Å². The summed E-state index contributed by atoms with van der Waals surface area (Å²) < 4.78 is 20.5. The molecule has 0 saturated carbocycles. The highest BCUT2D eigenvalue weighted by Gasteiger charge is 2.27. The molecule has 4 heterocycles. The molecule has 0 radical (unpaired) electrons. The molecule has 0 amide bonds. The maximum atomic E-state index is 14.2. The Bertz CT molecular complexity index is 1080. The zero-order chi connectivity index (χ0) is 24.6. The smallest absolute Gasteiger partial charge is 0.252 e. The molecule has 2 aliphatic rings. The van der Waals surface area contributed by atoms with Crippen LogP contribution in [0.2, 0.25) is 0 Å². The van der Waals surface area contributed by atoms with Crippen molar-refractivity contribution in [1.82, 2.24) is 15.0 Å². The summed E-state index contributed by atoms with van der Waals surface area (Å²) in [6.45, 7) is 8.58. The average molecular weight is 497 g/mol. The highest BCUT2D eigenvalue weighted by Crippen LogP contribution is 2.28. The first kappa shape index (κ1) is 25.3. The monoisotopic (exact) mass is 496 g/mol. The van der Waals surface area contributed by atoms with E-state index in [0.717, 1.165) is 49.8 Å². The van der Waals surface area contributed by atoms with Crippen molar-refractivity contribution in [3.63, 3.8) is 0 Å². The van der Waals surface area contributed by atoms with E-state index in [4.69, 9.17) is 4.74 Å². The van der Waals surface area contributed by atoms with Gasteiger partial charge in [-0.3, -0.25) is 4.98 Å². The van der Waals surface area contributed by atoms with E-state index in [1.54, 1.807) is 12.3 Å². The topological polar surface area (TPSA) is 75.9 Å². The number of nitrogens with zero attached hydrogens (tertiary/aromatic N) is 6. The van der Waals surface area contributed by atoms with Crippen LogP contribution in [0, 0.1) is 11.7 Å². The van der Waals surface area contributed by atoms with Gasteiger partial charge < -0.3 is 9.64 Å². The summed E-state index contributed by atoms with van der Waals surface area (Å²) in [6.07, 6.45) is 13.4. The molecule has 2 aliphatic heterocycles. The van der Waals surface area contributed by atoms with Crippen LogP contribution in [0.5, 0.6) is 0 Å². The number of rotatable bonds is 6. The van der Waals surface area contributed by atoms with Crippen molar-refractivity contribution in [2.24, 2.45) is 15.9 Å². The van der Waals surface area contributed by atoms with Gasteiger partial charge in [-0.25, -0.2) is 24.3 Å². The molecule has 9 heteroatoms. The van der Waals surface area contributed by atoms with Gasteiger partial charge in [-0.05, 0) is 68.8 Å². The molecule has 0 N–H and O–H groups in total. The molecular formula is C26H33FN6OS. The molecule has 0 aromatic carbocycles. The molecule has 7 nitrogen and oxygen atoms in total. The van der Waals surface area contributed by atoms with Crippen LogP contribution in [-0.4, -0.2) is 51.0 Å². The lowest BCUT2D eigenvalue weighted by Gasteiger charge is -2.34. The summed E-state index contributed by atoms with van der Waals surface area (Å²) in [5, 5.41) is 1.39. The SMILES string of the molecule is CCCc1cnc(N2CCC([C@H](C)OC3=NCC/C=C(/c4ccncc4F)N=C(C)S3)CC2)nc1. The highest BCUT2D eigenvalue weighted by molar-refractivity contribution is 8.26. The third-order valence-electron chi connectivity index (χ3n) is 6.27. The van der Waals surface area contributed by atoms with Gasteiger partial charge in [0.25, 0.3) is 5.23 Å². The minimum atomic E-state index is -0.376. The summed E-state index contributed by atoms with van der Waals surface area (Å²) in [7, 11) is 0. The summed E-state index contributed by atoms with van der Waals surface area (Å²) in [5.41, 5.74) is 2.25. The number of thioether (sulfide) groups is 1. The van der Waals surface area contributed by atoms with Crippen LogP contribution < -0.4 is 4.90 Å². The van der Waals surface area contributed by atoms with E-state index in [9.17, 15) is 4.39 Å². The Kier molecular flexibility index (Phi) is 8.84. The Balaban J connectivity index is 1.32. The number of hydrogen-bond donors (Lipinski definition) is 0. The van der Waals surface area contributed by atoms with Gasteiger partial charge in [0.05, 0.1) is 16.9 Å². The zero-order valence-corrected chi connectivity index (χ0v) is 21.5. The normalized spacial score (nSPS) is 20.0. The van der Waals surface area contributed by atoms with Crippen LogP contribution in [0.25, 0.3) is 5.70 Å². The molecule has 0 unspecified atom stereocenters. The van der Waals surface area contributed by atoms with Gasteiger partial charge in [0.1, 0.15) is 6.10 Å². The lowest BCUT2D eigenvalue weighted by Crippen LogP contribution is -2.39. The largest absolute Gasteiger partial charge is 0.469 e. The molecule has 1 saturated heterocycles. The van der Waals surface area contributed by atoms with E-state index < -0.39 is 0 Å². The van der Waals surface area contributed by atoms with Crippen molar-refractivity contribution in [2.45, 2.75) is 59.0 Å². The Morgan fingerprint density at radius 2 is 1.97 bits per heavy atom. The summed E-state index contributed by atoms with van der Waals surface area (Å²) in [5.74, 6) is 0.867. The molecule has 1 atom stereocenters. The number of hydrogen-bond acceptors (Lipinski definition) is 8. The molecule has 0 aliphatic carbocycles. The number of aromatic nitrogens is 3. The van der Waals surface area contributed by atoms with E-state index in [0.29, 0.717) is 35.4 Å². The van der Waals surface area contributed by atoms with Gasteiger partial charge in [0.2, 0.25) is 5.95 Å². The van der Waals surface area contributed by atoms with Crippen LogP contribution in [0.4, 0.5) is 10.3 Å². The maximum absolute atomic E-state index is 14.2. The first-order valence-corrected chi connectivity index (χ1v) is 13.1. The molecular weight excluding hydrogens is 463 g/mol. The minimum Gasteiger partial charge on any atom is -0.469 e. The molecule has 0 bridgehead atoms. The fourth-order valence-electron chi connectivity index (χ4n) is 4.32. The molecule has 186 valence electrons. The van der Waals surface area contributed by atoms with Crippen LogP contribution in [0.3, 0.4) is 0 Å². The van der Waals surface area contributed by atoms with Crippen molar-refractivity contribution in [1.29, 1.82) is 0 Å². The number of piperidine rings is 1. The van der Waals surface area contributed by atoms with Crippen molar-refractivity contribution >= 4 is 33.7 Å². The number of ether oxygens (including phenoxy) is 1.